The number of sulfonamides is 1. The molecule has 0 aliphatic heterocycles. The van der Waals surface area contributed by atoms with Gasteiger partial charge in [-0.3, -0.25) is 25.0 Å². The minimum atomic E-state index is -3.94. The fourth-order valence-corrected chi connectivity index (χ4v) is 3.33. The van der Waals surface area contributed by atoms with Crippen molar-refractivity contribution in [1.82, 2.24) is 4.72 Å². The number of anilines is 1. The third-order valence-corrected chi connectivity index (χ3v) is 5.25. The Labute approximate surface area is 159 Å². The Balaban J connectivity index is 1.95. The van der Waals surface area contributed by atoms with Crippen molar-refractivity contribution in [3.05, 3.63) is 68.3 Å². The summed E-state index contributed by atoms with van der Waals surface area (Å²) in [6.45, 7) is 1.27. The van der Waals surface area contributed by atoms with Crippen molar-refractivity contribution in [3.8, 4) is 0 Å². The van der Waals surface area contributed by atoms with E-state index in [0.29, 0.717) is 0 Å². The van der Waals surface area contributed by atoms with Gasteiger partial charge >= 0.3 is 0 Å². The predicted octanol–water partition coefficient (Wildman–Crippen LogP) is 2.12. The van der Waals surface area contributed by atoms with Gasteiger partial charge in [-0.05, 0) is 25.1 Å². The van der Waals surface area contributed by atoms with Crippen molar-refractivity contribution < 1.29 is 23.1 Å². The summed E-state index contributed by atoms with van der Waals surface area (Å²) >= 11 is 0. The molecule has 2 aromatic rings. The molecule has 11 nitrogen and oxygen atoms in total. The Bertz CT molecular complexity index is 1020. The first-order valence-corrected chi connectivity index (χ1v) is 9.38. The molecule has 12 heteroatoms. The van der Waals surface area contributed by atoms with E-state index in [0.717, 1.165) is 24.3 Å². The van der Waals surface area contributed by atoms with Crippen LogP contribution in [-0.2, 0) is 14.8 Å². The number of non-ortho nitro benzene ring substituents is 1. The smallest absolute Gasteiger partial charge is 0.274 e. The number of carbonyl (C=O) groups is 1. The SMILES string of the molecule is Cc1c(NC(=O)CCNS(=O)(=O)c2ccc([N+](=O)[O-])cc2)cccc1[N+](=O)[O-]. The fourth-order valence-electron chi connectivity index (χ4n) is 2.30. The minimum Gasteiger partial charge on any atom is -0.326 e. The van der Waals surface area contributed by atoms with Crippen LogP contribution >= 0.6 is 0 Å². The molecule has 0 unspecified atom stereocenters. The van der Waals surface area contributed by atoms with Crippen molar-refractivity contribution in [2.45, 2.75) is 18.2 Å². The van der Waals surface area contributed by atoms with Crippen LogP contribution in [0, 0.1) is 27.2 Å². The van der Waals surface area contributed by atoms with Gasteiger partial charge in [-0.25, -0.2) is 13.1 Å². The molecule has 2 aromatic carbocycles. The van der Waals surface area contributed by atoms with Gasteiger partial charge in [0.1, 0.15) is 0 Å². The zero-order chi connectivity index (χ0) is 20.9. The number of benzene rings is 2. The number of nitrogens with zero attached hydrogens (tertiary/aromatic N) is 2. The third kappa shape index (κ3) is 5.08. The highest BCUT2D eigenvalue weighted by atomic mass is 32.2. The molecular formula is C16H16N4O7S. The molecule has 28 heavy (non-hydrogen) atoms. The van der Waals surface area contributed by atoms with Gasteiger partial charge < -0.3 is 5.32 Å². The molecule has 0 spiro atoms. The average molecular weight is 408 g/mol. The first-order chi connectivity index (χ1) is 13.1. The third-order valence-electron chi connectivity index (χ3n) is 3.78. The van der Waals surface area contributed by atoms with E-state index in [9.17, 15) is 33.4 Å². The van der Waals surface area contributed by atoms with Crippen LogP contribution in [0.1, 0.15) is 12.0 Å². The second-order valence-electron chi connectivity index (χ2n) is 5.65. The van der Waals surface area contributed by atoms with Crippen LogP contribution in [0.4, 0.5) is 17.1 Å². The second kappa shape index (κ2) is 8.54. The highest BCUT2D eigenvalue weighted by Gasteiger charge is 2.17. The quantitative estimate of drug-likeness (QED) is 0.499. The van der Waals surface area contributed by atoms with Crippen molar-refractivity contribution in [2.75, 3.05) is 11.9 Å². The molecule has 0 aromatic heterocycles. The van der Waals surface area contributed by atoms with E-state index >= 15 is 0 Å². The van der Waals surface area contributed by atoms with Crippen LogP contribution in [0.2, 0.25) is 0 Å². The first-order valence-electron chi connectivity index (χ1n) is 7.90. The van der Waals surface area contributed by atoms with Gasteiger partial charge in [0.2, 0.25) is 15.9 Å². The Morgan fingerprint density at radius 3 is 2.25 bits per heavy atom. The van der Waals surface area contributed by atoms with E-state index < -0.39 is 25.8 Å². The van der Waals surface area contributed by atoms with E-state index in [-0.39, 0.29) is 40.5 Å². The second-order valence-corrected chi connectivity index (χ2v) is 7.42. The Morgan fingerprint density at radius 2 is 1.68 bits per heavy atom. The zero-order valence-corrected chi connectivity index (χ0v) is 15.4. The van der Waals surface area contributed by atoms with Crippen LogP contribution in [0.25, 0.3) is 0 Å². The molecule has 0 saturated carbocycles. The van der Waals surface area contributed by atoms with Crippen LogP contribution < -0.4 is 10.0 Å². The van der Waals surface area contributed by atoms with Gasteiger partial charge in [-0.15, -0.1) is 0 Å². The highest BCUT2D eigenvalue weighted by Crippen LogP contribution is 2.25. The maximum atomic E-state index is 12.1. The molecule has 0 aliphatic rings. The van der Waals surface area contributed by atoms with Gasteiger partial charge in [0, 0.05) is 31.2 Å². The Hall–Kier alpha value is -3.38. The number of nitro groups is 2. The molecular weight excluding hydrogens is 392 g/mol. The maximum absolute atomic E-state index is 12.1. The summed E-state index contributed by atoms with van der Waals surface area (Å²) in [5.74, 6) is -0.532. The summed E-state index contributed by atoms with van der Waals surface area (Å²) in [7, 11) is -3.94. The minimum absolute atomic E-state index is 0.142. The van der Waals surface area contributed by atoms with E-state index in [4.69, 9.17) is 0 Å². The molecule has 0 saturated heterocycles. The van der Waals surface area contributed by atoms with Gasteiger partial charge in [0.05, 0.1) is 26.0 Å². The van der Waals surface area contributed by atoms with Crippen molar-refractivity contribution in [2.24, 2.45) is 0 Å². The molecule has 2 rings (SSSR count). The lowest BCUT2D eigenvalue weighted by molar-refractivity contribution is -0.385. The van der Waals surface area contributed by atoms with Crippen LogP contribution in [0.3, 0.4) is 0 Å². The lowest BCUT2D eigenvalue weighted by Gasteiger charge is -2.09. The Kier molecular flexibility index (Phi) is 6.38. The highest BCUT2D eigenvalue weighted by molar-refractivity contribution is 7.89. The predicted molar refractivity (Wildman–Crippen MR) is 99.4 cm³/mol. The Morgan fingerprint density at radius 1 is 1.04 bits per heavy atom. The molecule has 0 heterocycles. The van der Waals surface area contributed by atoms with Gasteiger partial charge in [0.25, 0.3) is 11.4 Å². The molecule has 0 radical (unpaired) electrons. The maximum Gasteiger partial charge on any atom is 0.274 e. The summed E-state index contributed by atoms with van der Waals surface area (Å²) < 4.78 is 26.5. The van der Waals surface area contributed by atoms with E-state index in [2.05, 4.69) is 10.0 Å². The van der Waals surface area contributed by atoms with E-state index in [1.54, 1.807) is 0 Å². The van der Waals surface area contributed by atoms with Crippen molar-refractivity contribution in [1.29, 1.82) is 0 Å². The van der Waals surface area contributed by atoms with Crippen LogP contribution in [-0.4, -0.2) is 30.7 Å². The number of amides is 1. The lowest BCUT2D eigenvalue weighted by atomic mass is 10.1. The standard InChI is InChI=1S/C16H16N4O7S/c1-11-14(3-2-4-15(11)20(24)25)18-16(21)9-10-17-28(26,27)13-7-5-12(6-8-13)19(22)23/h2-8,17H,9-10H2,1H3,(H,18,21). The van der Waals surface area contributed by atoms with Gasteiger partial charge in [-0.1, -0.05) is 6.07 Å². The van der Waals surface area contributed by atoms with Gasteiger partial charge in [0.15, 0.2) is 0 Å². The number of carbonyl (C=O) groups excluding carboxylic acids is 1. The van der Waals surface area contributed by atoms with Crippen LogP contribution in [0.15, 0.2) is 47.4 Å². The van der Waals surface area contributed by atoms with Crippen molar-refractivity contribution in [3.63, 3.8) is 0 Å². The largest absolute Gasteiger partial charge is 0.326 e. The molecule has 0 bridgehead atoms. The number of nitro benzene ring substituents is 2. The zero-order valence-electron chi connectivity index (χ0n) is 14.6. The fraction of sp³-hybridized carbons (Fsp3) is 0.188. The molecule has 1 amide bonds. The number of rotatable bonds is 8. The summed E-state index contributed by atoms with van der Waals surface area (Å²) in [5, 5.41) is 24.0. The molecule has 0 atom stereocenters. The first kappa shape index (κ1) is 20.9. The molecule has 148 valence electrons. The summed E-state index contributed by atoms with van der Waals surface area (Å²) in [5.41, 5.74) is 0.159. The normalized spacial score (nSPS) is 11.0. The van der Waals surface area contributed by atoms with Crippen LogP contribution in [0.5, 0.6) is 0 Å². The monoisotopic (exact) mass is 408 g/mol. The summed E-state index contributed by atoms with van der Waals surface area (Å²) in [4.78, 5) is 32.1. The molecule has 0 aliphatic carbocycles. The molecule has 0 fully saturated rings. The number of hydrogen-bond acceptors (Lipinski definition) is 7. The number of hydrogen-bond donors (Lipinski definition) is 2. The van der Waals surface area contributed by atoms with Gasteiger partial charge in [-0.2, -0.15) is 0 Å². The lowest BCUT2D eigenvalue weighted by Crippen LogP contribution is -2.28. The topological polar surface area (TPSA) is 162 Å². The average Bonchev–Trinajstić information content (AvgIpc) is 2.63. The summed E-state index contributed by atoms with van der Waals surface area (Å²) in [6, 6.07) is 8.54. The number of nitrogens with one attached hydrogen (secondary N) is 2. The van der Waals surface area contributed by atoms with E-state index in [1.165, 1.54) is 25.1 Å². The van der Waals surface area contributed by atoms with Crippen molar-refractivity contribution >= 4 is 33.0 Å². The van der Waals surface area contributed by atoms with E-state index in [1.807, 2.05) is 0 Å². The summed E-state index contributed by atoms with van der Waals surface area (Å²) in [6.07, 6.45) is -0.214. The molecule has 2 N–H and O–H groups in total.